The van der Waals surface area contributed by atoms with Gasteiger partial charge in [-0.25, -0.2) is 0 Å². The Bertz CT molecular complexity index is 352. The van der Waals surface area contributed by atoms with Crippen LogP contribution in [-0.4, -0.2) is 29.6 Å². The minimum atomic E-state index is -0.526. The van der Waals surface area contributed by atoms with Crippen LogP contribution in [0.25, 0.3) is 0 Å². The highest BCUT2D eigenvalue weighted by molar-refractivity contribution is 5.47. The average molecular weight is 236 g/mol. The molecule has 17 heavy (non-hydrogen) atoms. The van der Waals surface area contributed by atoms with Gasteiger partial charge >= 0.3 is 0 Å². The van der Waals surface area contributed by atoms with Gasteiger partial charge in [0.1, 0.15) is 0 Å². The van der Waals surface area contributed by atoms with Crippen molar-refractivity contribution in [2.24, 2.45) is 5.92 Å². The molecule has 0 aliphatic rings. The number of para-hydroxylation sites is 1. The number of likely N-dealkylation sites (N-methyl/N-ethyl adjacent to an activating group) is 1. The lowest BCUT2D eigenvalue weighted by Crippen LogP contribution is -2.36. The zero-order valence-corrected chi connectivity index (χ0v) is 11.2. The van der Waals surface area contributed by atoms with Crippen molar-refractivity contribution in [3.8, 4) is 0 Å². The molecule has 0 aromatic heterocycles. The summed E-state index contributed by atoms with van der Waals surface area (Å²) in [6.07, 6.45) is -0.526. The van der Waals surface area contributed by atoms with Crippen LogP contribution in [0.15, 0.2) is 24.3 Å². The Morgan fingerprint density at radius 2 is 1.82 bits per heavy atom. The quantitative estimate of drug-likeness (QED) is 0.771. The predicted octanol–water partition coefficient (Wildman–Crippen LogP) is 2.28. The normalized spacial score (nSPS) is 15.2. The molecule has 3 heteroatoms. The van der Waals surface area contributed by atoms with Crippen molar-refractivity contribution in [1.82, 2.24) is 4.90 Å². The highest BCUT2D eigenvalue weighted by atomic mass is 16.3. The smallest absolute Gasteiger partial charge is 0.0936 e. The summed E-state index contributed by atoms with van der Waals surface area (Å²) >= 11 is 0. The largest absolute Gasteiger partial charge is 0.398 e. The standard InChI is InChI=1S/C14H24N2O/c1-10(2)11(3)16(4)9-14(17)12-7-5-6-8-13(12)15/h5-8,10-11,14,17H,9,15H2,1-4H3. The maximum absolute atomic E-state index is 10.2. The van der Waals surface area contributed by atoms with E-state index in [1.807, 2.05) is 31.3 Å². The number of aliphatic hydroxyl groups excluding tert-OH is 1. The van der Waals surface area contributed by atoms with E-state index >= 15 is 0 Å². The second kappa shape index (κ2) is 6.03. The molecule has 0 spiro atoms. The molecule has 2 unspecified atom stereocenters. The lowest BCUT2D eigenvalue weighted by molar-refractivity contribution is 0.0960. The number of hydrogen-bond acceptors (Lipinski definition) is 3. The van der Waals surface area contributed by atoms with Crippen LogP contribution < -0.4 is 5.73 Å². The van der Waals surface area contributed by atoms with E-state index in [1.165, 1.54) is 0 Å². The third-order valence-electron chi connectivity index (χ3n) is 3.48. The minimum Gasteiger partial charge on any atom is -0.398 e. The van der Waals surface area contributed by atoms with Gasteiger partial charge in [0, 0.05) is 23.8 Å². The van der Waals surface area contributed by atoms with Gasteiger partial charge in [0.15, 0.2) is 0 Å². The van der Waals surface area contributed by atoms with E-state index in [0.29, 0.717) is 24.2 Å². The van der Waals surface area contributed by atoms with E-state index in [0.717, 1.165) is 5.56 Å². The van der Waals surface area contributed by atoms with Crippen molar-refractivity contribution in [2.45, 2.75) is 32.9 Å². The first-order valence-corrected chi connectivity index (χ1v) is 6.16. The van der Waals surface area contributed by atoms with Crippen LogP contribution in [0.4, 0.5) is 5.69 Å². The van der Waals surface area contributed by atoms with E-state index in [1.54, 1.807) is 0 Å². The van der Waals surface area contributed by atoms with Crippen molar-refractivity contribution in [1.29, 1.82) is 0 Å². The van der Waals surface area contributed by atoms with Crippen LogP contribution >= 0.6 is 0 Å². The van der Waals surface area contributed by atoms with Crippen molar-refractivity contribution in [3.05, 3.63) is 29.8 Å². The fourth-order valence-corrected chi connectivity index (χ4v) is 1.86. The molecule has 0 aliphatic carbocycles. The second-order valence-corrected chi connectivity index (χ2v) is 5.07. The molecule has 3 nitrogen and oxygen atoms in total. The Hall–Kier alpha value is -1.06. The fourth-order valence-electron chi connectivity index (χ4n) is 1.86. The first-order valence-electron chi connectivity index (χ1n) is 6.16. The van der Waals surface area contributed by atoms with Crippen LogP contribution in [0.3, 0.4) is 0 Å². The maximum atomic E-state index is 10.2. The fraction of sp³-hybridized carbons (Fsp3) is 0.571. The van der Waals surface area contributed by atoms with Crippen LogP contribution in [0, 0.1) is 5.92 Å². The molecular weight excluding hydrogens is 212 g/mol. The Labute approximate surface area is 104 Å². The van der Waals surface area contributed by atoms with Gasteiger partial charge < -0.3 is 15.7 Å². The molecule has 0 saturated heterocycles. The first-order chi connectivity index (χ1) is 7.93. The summed E-state index contributed by atoms with van der Waals surface area (Å²) in [4.78, 5) is 2.17. The van der Waals surface area contributed by atoms with Crippen molar-refractivity contribution in [3.63, 3.8) is 0 Å². The number of anilines is 1. The van der Waals surface area contributed by atoms with Gasteiger partial charge in [0.05, 0.1) is 6.10 Å². The van der Waals surface area contributed by atoms with E-state index in [4.69, 9.17) is 5.73 Å². The molecule has 0 heterocycles. The summed E-state index contributed by atoms with van der Waals surface area (Å²) in [7, 11) is 2.03. The number of nitrogens with zero attached hydrogens (tertiary/aromatic N) is 1. The van der Waals surface area contributed by atoms with Gasteiger partial charge in [0.25, 0.3) is 0 Å². The highest BCUT2D eigenvalue weighted by Crippen LogP contribution is 2.21. The zero-order valence-electron chi connectivity index (χ0n) is 11.2. The predicted molar refractivity (Wildman–Crippen MR) is 72.7 cm³/mol. The van der Waals surface area contributed by atoms with Gasteiger partial charge in [-0.15, -0.1) is 0 Å². The topological polar surface area (TPSA) is 49.5 Å². The summed E-state index contributed by atoms with van der Waals surface area (Å²) in [5.74, 6) is 0.570. The molecule has 1 aromatic carbocycles. The third-order valence-corrected chi connectivity index (χ3v) is 3.48. The van der Waals surface area contributed by atoms with E-state index in [-0.39, 0.29) is 0 Å². The molecule has 1 aromatic rings. The minimum absolute atomic E-state index is 0.439. The number of hydrogen-bond donors (Lipinski definition) is 2. The number of benzene rings is 1. The summed E-state index contributed by atoms with van der Waals surface area (Å²) in [5, 5.41) is 10.2. The molecular formula is C14H24N2O. The molecule has 0 amide bonds. The van der Waals surface area contributed by atoms with E-state index in [9.17, 15) is 5.11 Å². The first kappa shape index (κ1) is 14.0. The molecule has 2 atom stereocenters. The third kappa shape index (κ3) is 3.72. The Morgan fingerprint density at radius 1 is 1.24 bits per heavy atom. The Balaban J connectivity index is 2.67. The van der Waals surface area contributed by atoms with Crippen LogP contribution in [0.2, 0.25) is 0 Å². The molecule has 0 fully saturated rings. The van der Waals surface area contributed by atoms with Crippen LogP contribution in [0.1, 0.15) is 32.4 Å². The lowest BCUT2D eigenvalue weighted by atomic mass is 10.0. The van der Waals surface area contributed by atoms with Crippen LogP contribution in [-0.2, 0) is 0 Å². The summed E-state index contributed by atoms with van der Waals surface area (Å²) in [6, 6.07) is 7.93. The number of nitrogen functional groups attached to an aromatic ring is 1. The van der Waals surface area contributed by atoms with E-state index in [2.05, 4.69) is 25.7 Å². The van der Waals surface area contributed by atoms with Crippen molar-refractivity contribution < 1.29 is 5.11 Å². The maximum Gasteiger partial charge on any atom is 0.0936 e. The molecule has 96 valence electrons. The Kier molecular flexibility index (Phi) is 4.97. The Morgan fingerprint density at radius 3 is 2.35 bits per heavy atom. The van der Waals surface area contributed by atoms with Crippen molar-refractivity contribution in [2.75, 3.05) is 19.3 Å². The summed E-state index contributed by atoms with van der Waals surface area (Å²) < 4.78 is 0. The van der Waals surface area contributed by atoms with Crippen molar-refractivity contribution >= 4 is 5.69 Å². The average Bonchev–Trinajstić information content (AvgIpc) is 2.28. The zero-order chi connectivity index (χ0) is 13.0. The molecule has 0 saturated carbocycles. The van der Waals surface area contributed by atoms with Gasteiger partial charge in [0.2, 0.25) is 0 Å². The molecule has 1 rings (SSSR count). The van der Waals surface area contributed by atoms with Gasteiger partial charge in [-0.1, -0.05) is 32.0 Å². The molecule has 0 radical (unpaired) electrons. The SMILES string of the molecule is CC(C)C(C)N(C)CC(O)c1ccccc1N. The van der Waals surface area contributed by atoms with Gasteiger partial charge in [-0.2, -0.15) is 0 Å². The van der Waals surface area contributed by atoms with Gasteiger partial charge in [-0.05, 0) is 26.0 Å². The molecule has 0 aliphatic heterocycles. The highest BCUT2D eigenvalue weighted by Gasteiger charge is 2.18. The number of nitrogens with two attached hydrogens (primary N) is 1. The molecule has 0 bridgehead atoms. The van der Waals surface area contributed by atoms with Gasteiger partial charge in [-0.3, -0.25) is 0 Å². The number of rotatable bonds is 5. The molecule has 3 N–H and O–H groups in total. The van der Waals surface area contributed by atoms with E-state index < -0.39 is 6.10 Å². The monoisotopic (exact) mass is 236 g/mol. The summed E-state index contributed by atoms with van der Waals surface area (Å²) in [5.41, 5.74) is 7.33. The lowest BCUT2D eigenvalue weighted by Gasteiger charge is -2.30. The number of aliphatic hydroxyl groups is 1. The van der Waals surface area contributed by atoms with Crippen LogP contribution in [0.5, 0.6) is 0 Å². The summed E-state index contributed by atoms with van der Waals surface area (Å²) in [6.45, 7) is 7.15. The second-order valence-electron chi connectivity index (χ2n) is 5.07.